The number of hydrogen-bond donors (Lipinski definition) is 1. The van der Waals surface area contributed by atoms with Crippen molar-refractivity contribution in [2.24, 2.45) is 0 Å². The SMILES string of the molecule is CCOc1ccc(OCCNC(=O)CSc2nnc3cc(C)c4ccccc4n23)cc1. The molecular formula is C23H24N4O3S. The molecule has 0 spiro atoms. The van der Waals surface area contributed by atoms with E-state index in [0.29, 0.717) is 24.9 Å². The third-order valence-electron chi connectivity index (χ3n) is 4.73. The van der Waals surface area contributed by atoms with Crippen LogP contribution in [0, 0.1) is 6.92 Å². The normalized spacial score (nSPS) is 11.0. The minimum absolute atomic E-state index is 0.0755. The topological polar surface area (TPSA) is 77.8 Å². The maximum absolute atomic E-state index is 12.3. The van der Waals surface area contributed by atoms with E-state index in [2.05, 4.69) is 28.5 Å². The van der Waals surface area contributed by atoms with Crippen LogP contribution in [0.1, 0.15) is 12.5 Å². The molecular weight excluding hydrogens is 412 g/mol. The lowest BCUT2D eigenvalue weighted by atomic mass is 10.1. The third kappa shape index (κ3) is 4.91. The number of benzene rings is 2. The number of pyridine rings is 1. The molecule has 0 aliphatic heterocycles. The first-order chi connectivity index (χ1) is 15.2. The Kier molecular flexibility index (Phi) is 6.57. The second-order valence-electron chi connectivity index (χ2n) is 6.91. The van der Waals surface area contributed by atoms with Crippen molar-refractivity contribution in [2.45, 2.75) is 19.0 Å². The molecule has 0 fully saturated rings. The molecule has 31 heavy (non-hydrogen) atoms. The van der Waals surface area contributed by atoms with Crippen molar-refractivity contribution in [1.29, 1.82) is 0 Å². The van der Waals surface area contributed by atoms with Crippen molar-refractivity contribution in [2.75, 3.05) is 25.5 Å². The van der Waals surface area contributed by atoms with Gasteiger partial charge in [-0.05, 0) is 55.8 Å². The Morgan fingerprint density at radius 3 is 2.58 bits per heavy atom. The summed E-state index contributed by atoms with van der Waals surface area (Å²) in [6.45, 7) is 5.45. The lowest BCUT2D eigenvalue weighted by molar-refractivity contribution is -0.118. The number of nitrogens with one attached hydrogen (secondary N) is 1. The second-order valence-corrected chi connectivity index (χ2v) is 7.85. The molecule has 2 aromatic carbocycles. The molecule has 0 aliphatic carbocycles. The largest absolute Gasteiger partial charge is 0.494 e. The number of aromatic nitrogens is 3. The number of carbonyl (C=O) groups excluding carboxylic acids is 1. The molecule has 4 rings (SSSR count). The summed E-state index contributed by atoms with van der Waals surface area (Å²) in [6.07, 6.45) is 0. The minimum Gasteiger partial charge on any atom is -0.494 e. The highest BCUT2D eigenvalue weighted by Gasteiger charge is 2.13. The fraction of sp³-hybridized carbons (Fsp3) is 0.261. The average molecular weight is 437 g/mol. The van der Waals surface area contributed by atoms with Gasteiger partial charge < -0.3 is 14.8 Å². The van der Waals surface area contributed by atoms with Gasteiger partial charge in [0.2, 0.25) is 5.91 Å². The lowest BCUT2D eigenvalue weighted by Crippen LogP contribution is -2.29. The Hall–Kier alpha value is -3.26. The Labute approximate surface area is 184 Å². The van der Waals surface area contributed by atoms with Gasteiger partial charge in [-0.15, -0.1) is 10.2 Å². The highest BCUT2D eigenvalue weighted by molar-refractivity contribution is 7.99. The van der Waals surface area contributed by atoms with Crippen molar-refractivity contribution in [3.05, 3.63) is 60.2 Å². The molecule has 2 heterocycles. The first kappa shape index (κ1) is 21.0. The number of para-hydroxylation sites is 1. The summed E-state index contributed by atoms with van der Waals surface area (Å²) >= 11 is 1.37. The van der Waals surface area contributed by atoms with E-state index >= 15 is 0 Å². The number of thioether (sulfide) groups is 1. The summed E-state index contributed by atoms with van der Waals surface area (Å²) in [5.41, 5.74) is 2.97. The molecule has 4 aromatic rings. The van der Waals surface area contributed by atoms with Crippen LogP contribution in [0.2, 0.25) is 0 Å². The van der Waals surface area contributed by atoms with E-state index in [1.54, 1.807) is 0 Å². The van der Waals surface area contributed by atoms with E-state index in [1.807, 2.05) is 59.9 Å². The Balaban J connectivity index is 1.29. The molecule has 0 unspecified atom stereocenters. The smallest absolute Gasteiger partial charge is 0.230 e. The molecule has 0 radical (unpaired) electrons. The Bertz CT molecular complexity index is 1190. The van der Waals surface area contributed by atoms with Crippen molar-refractivity contribution in [3.8, 4) is 11.5 Å². The molecule has 2 aromatic heterocycles. The average Bonchev–Trinajstić information content (AvgIpc) is 3.19. The fourth-order valence-electron chi connectivity index (χ4n) is 3.31. The summed E-state index contributed by atoms with van der Waals surface area (Å²) < 4.78 is 13.1. The molecule has 160 valence electrons. The number of nitrogens with zero attached hydrogens (tertiary/aromatic N) is 3. The van der Waals surface area contributed by atoms with Crippen LogP contribution in [0.5, 0.6) is 11.5 Å². The number of fused-ring (bicyclic) bond motifs is 3. The van der Waals surface area contributed by atoms with Gasteiger partial charge in [0.05, 0.1) is 24.4 Å². The van der Waals surface area contributed by atoms with Crippen LogP contribution in [-0.4, -0.2) is 46.0 Å². The van der Waals surface area contributed by atoms with Gasteiger partial charge >= 0.3 is 0 Å². The summed E-state index contributed by atoms with van der Waals surface area (Å²) in [5.74, 6) is 1.73. The van der Waals surface area contributed by atoms with Gasteiger partial charge in [0.15, 0.2) is 10.8 Å². The molecule has 0 bridgehead atoms. The summed E-state index contributed by atoms with van der Waals surface area (Å²) in [6, 6.07) is 17.6. The Morgan fingerprint density at radius 2 is 1.81 bits per heavy atom. The standard InChI is InChI=1S/C23H24N4O3S/c1-3-29-17-8-10-18(11-9-17)30-13-12-24-22(28)15-31-23-26-25-21-14-16(2)19-6-4-5-7-20(19)27(21)23/h4-11,14H,3,12-13,15H2,1-2H3,(H,24,28). The van der Waals surface area contributed by atoms with E-state index in [0.717, 1.165) is 33.6 Å². The molecule has 1 N–H and O–H groups in total. The van der Waals surface area contributed by atoms with E-state index in [1.165, 1.54) is 11.8 Å². The first-order valence-corrected chi connectivity index (χ1v) is 11.1. The van der Waals surface area contributed by atoms with E-state index in [9.17, 15) is 4.79 Å². The van der Waals surface area contributed by atoms with E-state index < -0.39 is 0 Å². The van der Waals surface area contributed by atoms with Gasteiger partial charge in [-0.1, -0.05) is 30.0 Å². The van der Waals surface area contributed by atoms with Crippen LogP contribution in [0.15, 0.2) is 59.8 Å². The number of ether oxygens (including phenoxy) is 2. The zero-order valence-corrected chi connectivity index (χ0v) is 18.3. The zero-order valence-electron chi connectivity index (χ0n) is 17.5. The predicted octanol–water partition coefficient (Wildman–Crippen LogP) is 3.88. The van der Waals surface area contributed by atoms with Gasteiger partial charge in [0.25, 0.3) is 0 Å². The first-order valence-electron chi connectivity index (χ1n) is 10.1. The van der Waals surface area contributed by atoms with Crippen LogP contribution in [0.4, 0.5) is 0 Å². The van der Waals surface area contributed by atoms with Gasteiger partial charge in [0.1, 0.15) is 18.1 Å². The Morgan fingerprint density at radius 1 is 1.06 bits per heavy atom. The molecule has 7 nitrogen and oxygen atoms in total. The van der Waals surface area contributed by atoms with Gasteiger partial charge in [-0.25, -0.2) is 0 Å². The van der Waals surface area contributed by atoms with Crippen LogP contribution in [-0.2, 0) is 4.79 Å². The third-order valence-corrected chi connectivity index (χ3v) is 5.66. The molecule has 0 saturated carbocycles. The number of hydrogen-bond acceptors (Lipinski definition) is 6. The summed E-state index contributed by atoms with van der Waals surface area (Å²) in [5, 5.41) is 13.3. The monoisotopic (exact) mass is 436 g/mol. The lowest BCUT2D eigenvalue weighted by Gasteiger charge is -2.09. The summed E-state index contributed by atoms with van der Waals surface area (Å²) in [7, 11) is 0. The van der Waals surface area contributed by atoms with E-state index in [-0.39, 0.29) is 11.7 Å². The maximum Gasteiger partial charge on any atom is 0.230 e. The van der Waals surface area contributed by atoms with Crippen LogP contribution in [0.25, 0.3) is 16.6 Å². The van der Waals surface area contributed by atoms with Gasteiger partial charge in [-0.3, -0.25) is 9.20 Å². The molecule has 0 saturated heterocycles. The number of amides is 1. The highest BCUT2D eigenvalue weighted by Crippen LogP contribution is 2.25. The molecule has 1 amide bonds. The number of rotatable bonds is 9. The van der Waals surface area contributed by atoms with E-state index in [4.69, 9.17) is 9.47 Å². The minimum atomic E-state index is -0.0755. The van der Waals surface area contributed by atoms with Gasteiger partial charge in [-0.2, -0.15) is 0 Å². The van der Waals surface area contributed by atoms with Crippen molar-refractivity contribution in [3.63, 3.8) is 0 Å². The van der Waals surface area contributed by atoms with Crippen molar-refractivity contribution in [1.82, 2.24) is 19.9 Å². The maximum atomic E-state index is 12.3. The number of carbonyl (C=O) groups is 1. The quantitative estimate of drug-likeness (QED) is 0.317. The summed E-state index contributed by atoms with van der Waals surface area (Å²) in [4.78, 5) is 12.3. The molecule has 0 atom stereocenters. The fourth-order valence-corrected chi connectivity index (χ4v) is 4.09. The zero-order chi connectivity index (χ0) is 21.6. The number of aryl methyl sites for hydroxylation is 1. The molecule has 0 aliphatic rings. The van der Waals surface area contributed by atoms with Crippen molar-refractivity contribution < 1.29 is 14.3 Å². The van der Waals surface area contributed by atoms with Gasteiger partial charge in [0, 0.05) is 5.39 Å². The van der Waals surface area contributed by atoms with Crippen LogP contribution in [0.3, 0.4) is 0 Å². The highest BCUT2D eigenvalue weighted by atomic mass is 32.2. The predicted molar refractivity (Wildman–Crippen MR) is 122 cm³/mol. The van der Waals surface area contributed by atoms with Crippen LogP contribution < -0.4 is 14.8 Å². The second kappa shape index (κ2) is 9.70. The molecule has 8 heteroatoms. The van der Waals surface area contributed by atoms with Crippen LogP contribution >= 0.6 is 11.8 Å². The van der Waals surface area contributed by atoms with Crippen molar-refractivity contribution >= 4 is 34.2 Å².